The third kappa shape index (κ3) is 3.85. The first-order chi connectivity index (χ1) is 15.5. The second-order valence-corrected chi connectivity index (χ2v) is 9.14. The summed E-state index contributed by atoms with van der Waals surface area (Å²) in [7, 11) is 0. The van der Waals surface area contributed by atoms with E-state index in [1.54, 1.807) is 12.1 Å². The average Bonchev–Trinajstić information content (AvgIpc) is 3.37. The lowest BCUT2D eigenvalue weighted by Crippen LogP contribution is -2.11. The fraction of sp³-hybridized carbons (Fsp3) is 0.130. The molecule has 0 amide bonds. The van der Waals surface area contributed by atoms with E-state index < -0.39 is 0 Å². The van der Waals surface area contributed by atoms with Crippen molar-refractivity contribution in [3.05, 3.63) is 87.3 Å². The summed E-state index contributed by atoms with van der Waals surface area (Å²) in [6, 6.07) is 14.3. The normalized spacial score (nSPS) is 11.3. The van der Waals surface area contributed by atoms with Gasteiger partial charge in [-0.1, -0.05) is 41.6 Å². The number of rotatable bonds is 5. The summed E-state index contributed by atoms with van der Waals surface area (Å²) in [6.07, 6.45) is 0. The van der Waals surface area contributed by atoms with Gasteiger partial charge in [-0.25, -0.2) is 9.37 Å². The number of H-pyrrole nitrogens is 1. The van der Waals surface area contributed by atoms with Crippen LogP contribution in [0.25, 0.3) is 27.0 Å². The molecule has 0 unspecified atom stereocenters. The molecule has 0 aliphatic carbocycles. The zero-order valence-corrected chi connectivity index (χ0v) is 18.9. The Hall–Kier alpha value is -3.30. The molecular formula is C23H18FN5OS2. The zero-order chi connectivity index (χ0) is 22.2. The van der Waals surface area contributed by atoms with Gasteiger partial charge in [0.15, 0.2) is 5.16 Å². The van der Waals surface area contributed by atoms with Crippen molar-refractivity contribution in [3.63, 3.8) is 0 Å². The minimum Gasteiger partial charge on any atom is -0.309 e. The van der Waals surface area contributed by atoms with E-state index in [1.807, 2.05) is 48.1 Å². The summed E-state index contributed by atoms with van der Waals surface area (Å²) < 4.78 is 15.2. The molecular weight excluding hydrogens is 445 g/mol. The number of aryl methyl sites for hydroxylation is 2. The summed E-state index contributed by atoms with van der Waals surface area (Å²) in [5.41, 5.74) is 3.50. The molecule has 3 heterocycles. The van der Waals surface area contributed by atoms with Gasteiger partial charge < -0.3 is 4.98 Å². The molecule has 0 saturated heterocycles. The third-order valence-electron chi connectivity index (χ3n) is 5.07. The van der Waals surface area contributed by atoms with E-state index in [0.717, 1.165) is 27.8 Å². The summed E-state index contributed by atoms with van der Waals surface area (Å²) in [5, 5.41) is 11.6. The molecule has 2 aromatic carbocycles. The van der Waals surface area contributed by atoms with Crippen molar-refractivity contribution in [2.45, 2.75) is 24.8 Å². The van der Waals surface area contributed by atoms with E-state index in [1.165, 1.54) is 40.8 Å². The van der Waals surface area contributed by atoms with Crippen LogP contribution in [0.2, 0.25) is 0 Å². The Kier molecular flexibility index (Phi) is 5.36. The van der Waals surface area contributed by atoms with Crippen molar-refractivity contribution in [3.8, 4) is 16.8 Å². The number of thiophene rings is 1. The molecule has 0 radical (unpaired) electrons. The number of aromatic nitrogens is 5. The van der Waals surface area contributed by atoms with Gasteiger partial charge in [0.05, 0.1) is 11.1 Å². The SMILES string of the molecule is Cc1ccc(-n2c(C)nnc2SCc2nc3scc(-c4ccc(F)cc4)c3c(=O)[nH]2)cc1. The van der Waals surface area contributed by atoms with Gasteiger partial charge in [0, 0.05) is 16.6 Å². The van der Waals surface area contributed by atoms with E-state index in [-0.39, 0.29) is 11.4 Å². The Morgan fingerprint density at radius 1 is 1.06 bits per heavy atom. The molecule has 6 nitrogen and oxygen atoms in total. The van der Waals surface area contributed by atoms with Gasteiger partial charge in [0.1, 0.15) is 22.3 Å². The first-order valence-corrected chi connectivity index (χ1v) is 11.7. The first kappa shape index (κ1) is 20.6. The van der Waals surface area contributed by atoms with Gasteiger partial charge in [-0.05, 0) is 43.7 Å². The van der Waals surface area contributed by atoms with E-state index in [9.17, 15) is 9.18 Å². The van der Waals surface area contributed by atoms with Crippen molar-refractivity contribution in [1.29, 1.82) is 0 Å². The van der Waals surface area contributed by atoms with Crippen molar-refractivity contribution in [1.82, 2.24) is 24.7 Å². The van der Waals surface area contributed by atoms with E-state index in [2.05, 4.69) is 20.2 Å². The molecule has 5 aromatic rings. The number of thioether (sulfide) groups is 1. The quantitative estimate of drug-likeness (QED) is 0.359. The summed E-state index contributed by atoms with van der Waals surface area (Å²) in [5.74, 6) is 1.49. The molecule has 0 saturated carbocycles. The van der Waals surface area contributed by atoms with Crippen LogP contribution in [0, 0.1) is 19.7 Å². The number of hydrogen-bond donors (Lipinski definition) is 1. The van der Waals surface area contributed by atoms with Crippen LogP contribution in [0.3, 0.4) is 0 Å². The lowest BCUT2D eigenvalue weighted by molar-refractivity contribution is 0.628. The van der Waals surface area contributed by atoms with Gasteiger partial charge in [-0.2, -0.15) is 0 Å². The molecule has 0 aliphatic rings. The Balaban J connectivity index is 1.43. The van der Waals surface area contributed by atoms with E-state index in [0.29, 0.717) is 21.8 Å². The maximum absolute atomic E-state index is 13.3. The van der Waals surface area contributed by atoms with Gasteiger partial charge in [0.2, 0.25) is 0 Å². The molecule has 9 heteroatoms. The topological polar surface area (TPSA) is 76.5 Å². The average molecular weight is 464 g/mol. The van der Waals surface area contributed by atoms with Gasteiger partial charge in [-0.3, -0.25) is 9.36 Å². The Morgan fingerprint density at radius 3 is 2.56 bits per heavy atom. The number of nitrogens with one attached hydrogen (secondary N) is 1. The zero-order valence-electron chi connectivity index (χ0n) is 17.3. The van der Waals surface area contributed by atoms with Gasteiger partial charge in [-0.15, -0.1) is 21.5 Å². The fourth-order valence-corrected chi connectivity index (χ4v) is 5.30. The molecule has 1 N–H and O–H groups in total. The lowest BCUT2D eigenvalue weighted by Gasteiger charge is -2.08. The molecule has 160 valence electrons. The minimum atomic E-state index is -0.312. The number of fused-ring (bicyclic) bond motifs is 1. The predicted octanol–water partition coefficient (Wildman–Crippen LogP) is 5.28. The monoisotopic (exact) mass is 463 g/mol. The maximum Gasteiger partial charge on any atom is 0.260 e. The second-order valence-electron chi connectivity index (χ2n) is 7.34. The molecule has 32 heavy (non-hydrogen) atoms. The molecule has 3 aromatic heterocycles. The molecule has 0 fully saturated rings. The fourth-order valence-electron chi connectivity index (χ4n) is 3.46. The van der Waals surface area contributed by atoms with Crippen LogP contribution in [0.4, 0.5) is 4.39 Å². The van der Waals surface area contributed by atoms with Gasteiger partial charge in [0.25, 0.3) is 5.56 Å². The molecule has 5 rings (SSSR count). The highest BCUT2D eigenvalue weighted by molar-refractivity contribution is 7.98. The molecule has 0 aliphatic heterocycles. The maximum atomic E-state index is 13.3. The second kappa shape index (κ2) is 8.33. The van der Waals surface area contributed by atoms with Crippen LogP contribution in [0.5, 0.6) is 0 Å². The van der Waals surface area contributed by atoms with Crippen LogP contribution in [0.1, 0.15) is 17.2 Å². The highest BCUT2D eigenvalue weighted by Gasteiger charge is 2.15. The van der Waals surface area contributed by atoms with Crippen LogP contribution >= 0.6 is 23.1 Å². The first-order valence-electron chi connectivity index (χ1n) is 9.88. The van der Waals surface area contributed by atoms with E-state index >= 15 is 0 Å². The number of hydrogen-bond acceptors (Lipinski definition) is 6. The van der Waals surface area contributed by atoms with Crippen LogP contribution < -0.4 is 5.56 Å². The van der Waals surface area contributed by atoms with Crippen molar-refractivity contribution < 1.29 is 4.39 Å². The minimum absolute atomic E-state index is 0.206. The summed E-state index contributed by atoms with van der Waals surface area (Å²) in [6.45, 7) is 3.95. The smallest absolute Gasteiger partial charge is 0.260 e. The lowest BCUT2D eigenvalue weighted by atomic mass is 10.1. The standard InChI is InChI=1S/C23H18FN5OS2/c1-13-3-9-17(10-4-13)29-14(2)27-28-23(29)32-12-19-25-21(30)20-18(11-31-22(20)26-19)15-5-7-16(24)8-6-15/h3-11H,12H2,1-2H3,(H,25,26,30). The van der Waals surface area contributed by atoms with Crippen molar-refractivity contribution >= 4 is 33.3 Å². The number of benzene rings is 2. The van der Waals surface area contributed by atoms with E-state index in [4.69, 9.17) is 0 Å². The summed E-state index contributed by atoms with van der Waals surface area (Å²) in [4.78, 5) is 21.0. The van der Waals surface area contributed by atoms with Gasteiger partial charge >= 0.3 is 0 Å². The highest BCUT2D eigenvalue weighted by Crippen LogP contribution is 2.31. The Labute approximate surface area is 191 Å². The third-order valence-corrected chi connectivity index (χ3v) is 6.89. The number of nitrogens with zero attached hydrogens (tertiary/aromatic N) is 4. The molecule has 0 atom stereocenters. The Bertz CT molecular complexity index is 1470. The predicted molar refractivity (Wildman–Crippen MR) is 126 cm³/mol. The largest absolute Gasteiger partial charge is 0.309 e. The van der Waals surface area contributed by atoms with Crippen molar-refractivity contribution in [2.24, 2.45) is 0 Å². The highest BCUT2D eigenvalue weighted by atomic mass is 32.2. The molecule has 0 spiro atoms. The van der Waals surface area contributed by atoms with Crippen molar-refractivity contribution in [2.75, 3.05) is 0 Å². The molecule has 0 bridgehead atoms. The number of halogens is 1. The van der Waals surface area contributed by atoms with Crippen LogP contribution in [0.15, 0.2) is 63.9 Å². The Morgan fingerprint density at radius 2 is 1.81 bits per heavy atom. The number of aromatic amines is 1. The van der Waals surface area contributed by atoms with Crippen LogP contribution in [-0.4, -0.2) is 24.7 Å². The summed E-state index contributed by atoms with van der Waals surface area (Å²) >= 11 is 2.86. The van der Waals surface area contributed by atoms with Crippen LogP contribution in [-0.2, 0) is 5.75 Å².